The molecule has 3 aliphatic rings. The number of carbonyl (C=O) groups is 3. The Bertz CT molecular complexity index is 1410. The van der Waals surface area contributed by atoms with E-state index in [0.29, 0.717) is 0 Å². The molecule has 22 heteroatoms. The van der Waals surface area contributed by atoms with Crippen molar-refractivity contribution >= 4 is 29.1 Å². The molecule has 3 amide bonds. The molecule has 0 aliphatic carbocycles. The first-order valence-corrected chi connectivity index (χ1v) is 16.1. The molecule has 292 valence electrons. The molecule has 0 spiro atoms. The van der Waals surface area contributed by atoms with Crippen LogP contribution in [0.5, 0.6) is 0 Å². The number of ether oxygens (including phenoxy) is 5. The molecule has 0 saturated carbocycles. The summed E-state index contributed by atoms with van der Waals surface area (Å²) in [6, 6.07) is -0.136. The van der Waals surface area contributed by atoms with Gasteiger partial charge in [-0.25, -0.2) is 0 Å². The van der Waals surface area contributed by atoms with Crippen LogP contribution in [0.15, 0.2) is 24.3 Å². The fourth-order valence-corrected chi connectivity index (χ4v) is 6.45. The maximum atomic E-state index is 12.9. The number of nitro benzene ring substituents is 1. The first-order valence-electron chi connectivity index (χ1n) is 16.1. The predicted octanol–water partition coefficient (Wildman–Crippen LogP) is -5.32. The smallest absolute Gasteiger partial charge is 0.269 e. The van der Waals surface area contributed by atoms with Gasteiger partial charge in [-0.15, -0.1) is 0 Å². The van der Waals surface area contributed by atoms with E-state index in [2.05, 4.69) is 10.6 Å². The van der Waals surface area contributed by atoms with Gasteiger partial charge in [0.1, 0.15) is 73.1 Å². The second-order valence-electron chi connectivity index (χ2n) is 12.5. The maximum absolute atomic E-state index is 12.9. The van der Waals surface area contributed by atoms with Crippen molar-refractivity contribution in [3.63, 3.8) is 0 Å². The summed E-state index contributed by atoms with van der Waals surface area (Å²) in [5.74, 6) is -2.16. The van der Waals surface area contributed by atoms with E-state index in [1.807, 2.05) is 0 Å². The van der Waals surface area contributed by atoms with E-state index in [0.717, 1.165) is 37.8 Å². The number of nitrogens with one attached hydrogen (secondary N) is 2. The van der Waals surface area contributed by atoms with Crippen LogP contribution in [0.2, 0.25) is 0 Å². The molecule has 52 heavy (non-hydrogen) atoms. The number of carbonyl (C=O) groups excluding carboxylic acids is 3. The lowest BCUT2D eigenvalue weighted by Gasteiger charge is -2.50. The van der Waals surface area contributed by atoms with Gasteiger partial charge in [0.05, 0.1) is 24.7 Å². The largest absolute Gasteiger partial charge is 0.394 e. The van der Waals surface area contributed by atoms with Crippen LogP contribution >= 0.6 is 0 Å². The molecular formula is C30H44N4O18. The highest BCUT2D eigenvalue weighted by molar-refractivity contribution is 5.92. The van der Waals surface area contributed by atoms with E-state index in [4.69, 9.17) is 23.7 Å². The minimum atomic E-state index is -1.94. The molecule has 15 atom stereocenters. The lowest BCUT2D eigenvalue weighted by Crippen LogP contribution is -2.71. The lowest BCUT2D eigenvalue weighted by molar-refractivity contribution is -0.384. The van der Waals surface area contributed by atoms with E-state index in [1.54, 1.807) is 0 Å². The monoisotopic (exact) mass is 748 g/mol. The van der Waals surface area contributed by atoms with Crippen LogP contribution in [0.4, 0.5) is 11.4 Å². The topological polar surface area (TPSA) is 330 Å². The minimum Gasteiger partial charge on any atom is -0.394 e. The fraction of sp³-hybridized carbons (Fsp3) is 0.700. The Morgan fingerprint density at radius 1 is 0.731 bits per heavy atom. The zero-order valence-electron chi connectivity index (χ0n) is 28.1. The number of nitrogens with zero attached hydrogens (tertiary/aromatic N) is 2. The average molecular weight is 749 g/mol. The molecule has 0 radical (unpaired) electrons. The molecule has 3 saturated heterocycles. The third-order valence-electron chi connectivity index (χ3n) is 8.87. The van der Waals surface area contributed by atoms with Crippen molar-refractivity contribution < 1.29 is 83.8 Å². The highest BCUT2D eigenvalue weighted by Gasteiger charge is 2.55. The van der Waals surface area contributed by atoms with Gasteiger partial charge < -0.3 is 80.1 Å². The fourth-order valence-electron chi connectivity index (χ4n) is 6.45. The number of nitro groups is 1. The molecule has 1 aromatic rings. The zero-order chi connectivity index (χ0) is 38.6. The second-order valence-corrected chi connectivity index (χ2v) is 12.5. The number of non-ortho nitro benzene ring substituents is 1. The Labute approximate surface area is 295 Å². The summed E-state index contributed by atoms with van der Waals surface area (Å²) in [4.78, 5) is 48.5. The number of aliphatic hydroxyl groups is 8. The quantitative estimate of drug-likeness (QED) is 0.0705. The number of hydrogen-bond donors (Lipinski definition) is 10. The van der Waals surface area contributed by atoms with E-state index >= 15 is 0 Å². The van der Waals surface area contributed by atoms with Crippen LogP contribution in [0.1, 0.15) is 20.8 Å². The summed E-state index contributed by atoms with van der Waals surface area (Å²) >= 11 is 0. The van der Waals surface area contributed by atoms with Gasteiger partial charge in [0.2, 0.25) is 17.7 Å². The van der Waals surface area contributed by atoms with Gasteiger partial charge in [-0.2, -0.15) is 0 Å². The molecule has 1 aromatic carbocycles. The summed E-state index contributed by atoms with van der Waals surface area (Å²) in [7, 11) is 0. The Hall–Kier alpha value is -3.49. The molecule has 3 heterocycles. The normalized spacial score (nSPS) is 37.9. The van der Waals surface area contributed by atoms with Crippen LogP contribution in [0.25, 0.3) is 0 Å². The van der Waals surface area contributed by atoms with Crippen LogP contribution < -0.4 is 15.5 Å². The van der Waals surface area contributed by atoms with Crippen LogP contribution in [-0.4, -0.2) is 175 Å². The molecule has 22 nitrogen and oxygen atoms in total. The van der Waals surface area contributed by atoms with Crippen LogP contribution in [0, 0.1) is 10.1 Å². The zero-order valence-corrected chi connectivity index (χ0v) is 28.1. The number of aliphatic hydroxyl groups excluding tert-OH is 8. The van der Waals surface area contributed by atoms with Crippen LogP contribution in [0.3, 0.4) is 0 Å². The average Bonchev–Trinajstić information content (AvgIpc) is 3.09. The SMILES string of the molecule is CC(=O)N[C@H]1[C@H](O[C@H]2[C@H](O)[C@@H](N(C(C)=O)c3ccc([N+](=O)[O-])cc3)[C@@H](O)O[C@@H]2CO)O[C@H](CO)[C@@H](O[C@@H]2O[C@H](CO)[C@@H](O)[C@H](O)[C@H]2NC(C)=O)[C@@H]1O. The van der Waals surface area contributed by atoms with Crippen molar-refractivity contribution in [2.24, 2.45) is 0 Å². The van der Waals surface area contributed by atoms with E-state index in [-0.39, 0.29) is 11.4 Å². The van der Waals surface area contributed by atoms with E-state index in [1.165, 1.54) is 12.1 Å². The summed E-state index contributed by atoms with van der Waals surface area (Å²) in [6.45, 7) is 0.709. The first-order chi connectivity index (χ1) is 24.5. The summed E-state index contributed by atoms with van der Waals surface area (Å²) in [5, 5.41) is 101. The van der Waals surface area contributed by atoms with Crippen molar-refractivity contribution in [1.29, 1.82) is 0 Å². The van der Waals surface area contributed by atoms with Gasteiger partial charge in [0.15, 0.2) is 18.9 Å². The lowest BCUT2D eigenvalue weighted by atomic mass is 9.93. The standard InChI is InChI=1S/C30H44N4O18/c1-11(38)31-19-23(42)22(41)16(8-35)49-29(19)51-26-18(10-37)50-30(20(24(26)43)32-12(2)39)52-27-17(9-36)48-28(45)21(25(27)44)33(13(3)40)14-4-6-15(7-5-14)34(46)47/h4-7,16-30,35-37,41-45H,8-10H2,1-3H3,(H,31,38)(H,32,39)/t16-,17-,18-,19-,20-,21-,22-,23-,24-,25-,26-,27-,28+,29+,30+/m1/s1. The second kappa shape index (κ2) is 17.6. The van der Waals surface area contributed by atoms with Gasteiger partial charge in [-0.1, -0.05) is 0 Å². The predicted molar refractivity (Wildman–Crippen MR) is 168 cm³/mol. The van der Waals surface area contributed by atoms with Gasteiger partial charge in [0, 0.05) is 38.6 Å². The molecule has 10 N–H and O–H groups in total. The summed E-state index contributed by atoms with van der Waals surface area (Å²) < 4.78 is 28.9. The molecule has 3 aliphatic heterocycles. The molecule has 0 unspecified atom stereocenters. The maximum Gasteiger partial charge on any atom is 0.269 e. The number of hydrogen-bond acceptors (Lipinski definition) is 18. The van der Waals surface area contributed by atoms with Gasteiger partial charge in [-0.3, -0.25) is 24.5 Å². The molecule has 0 bridgehead atoms. The number of amides is 3. The number of anilines is 1. The Morgan fingerprint density at radius 3 is 1.65 bits per heavy atom. The van der Waals surface area contributed by atoms with Crippen molar-refractivity contribution in [3.8, 4) is 0 Å². The Morgan fingerprint density at radius 2 is 1.19 bits per heavy atom. The molecule has 4 rings (SSSR count). The highest BCUT2D eigenvalue weighted by Crippen LogP contribution is 2.35. The van der Waals surface area contributed by atoms with E-state index < -0.39 is 134 Å². The Kier molecular flexibility index (Phi) is 13.9. The third-order valence-corrected chi connectivity index (χ3v) is 8.87. The Balaban J connectivity index is 1.64. The van der Waals surface area contributed by atoms with Crippen LogP contribution in [-0.2, 0) is 38.1 Å². The van der Waals surface area contributed by atoms with Crippen molar-refractivity contribution in [2.45, 2.75) is 113 Å². The third kappa shape index (κ3) is 8.82. The minimum absolute atomic E-state index is 0.00960. The molecule has 0 aromatic heterocycles. The van der Waals surface area contributed by atoms with Gasteiger partial charge in [-0.05, 0) is 12.1 Å². The number of benzene rings is 1. The van der Waals surface area contributed by atoms with E-state index in [9.17, 15) is 65.4 Å². The van der Waals surface area contributed by atoms with Crippen molar-refractivity contribution in [3.05, 3.63) is 34.4 Å². The van der Waals surface area contributed by atoms with Gasteiger partial charge >= 0.3 is 0 Å². The van der Waals surface area contributed by atoms with Gasteiger partial charge in [0.25, 0.3) is 5.69 Å². The van der Waals surface area contributed by atoms with Crippen molar-refractivity contribution in [1.82, 2.24) is 10.6 Å². The van der Waals surface area contributed by atoms with Crippen molar-refractivity contribution in [2.75, 3.05) is 24.7 Å². The number of rotatable bonds is 12. The first kappa shape index (κ1) is 41.3. The summed E-state index contributed by atoms with van der Waals surface area (Å²) in [5.41, 5.74) is -0.300. The summed E-state index contributed by atoms with van der Waals surface area (Å²) in [6.07, 6.45) is -20.3. The molecule has 3 fully saturated rings. The highest BCUT2D eigenvalue weighted by atomic mass is 16.7. The molecular weight excluding hydrogens is 704 g/mol.